The summed E-state index contributed by atoms with van der Waals surface area (Å²) in [6.07, 6.45) is -1.00. The average Bonchev–Trinajstić information content (AvgIpc) is 3.02. The van der Waals surface area contributed by atoms with Gasteiger partial charge in [-0.3, -0.25) is 9.69 Å². The van der Waals surface area contributed by atoms with Gasteiger partial charge in [0.2, 0.25) is 5.91 Å². The Hall–Kier alpha value is -2.58. The number of carbonyl (C=O) groups excluding carboxylic acids is 1. The predicted octanol–water partition coefficient (Wildman–Crippen LogP) is 4.47. The molecule has 0 spiro atoms. The van der Waals surface area contributed by atoms with E-state index in [1.807, 2.05) is 6.92 Å². The van der Waals surface area contributed by atoms with Gasteiger partial charge in [0.15, 0.2) is 0 Å². The van der Waals surface area contributed by atoms with Crippen molar-refractivity contribution in [3.8, 4) is 0 Å². The zero-order valence-electron chi connectivity index (χ0n) is 15.0. The van der Waals surface area contributed by atoms with E-state index in [9.17, 15) is 18.0 Å². The molecule has 0 atom stereocenters. The highest BCUT2D eigenvalue weighted by atomic mass is 35.5. The van der Waals surface area contributed by atoms with Gasteiger partial charge in [0.25, 0.3) is 0 Å². The van der Waals surface area contributed by atoms with Crippen molar-refractivity contribution in [3.05, 3.63) is 65.1 Å². The third kappa shape index (κ3) is 4.82. The maximum Gasteiger partial charge on any atom is 0.418 e. The number of carbonyl (C=O) groups is 1. The van der Waals surface area contributed by atoms with E-state index in [-0.39, 0.29) is 12.2 Å². The number of para-hydroxylation sites is 1. The van der Waals surface area contributed by atoms with Crippen LogP contribution < -0.4 is 5.32 Å². The molecule has 0 unspecified atom stereocenters. The quantitative estimate of drug-likeness (QED) is 0.652. The van der Waals surface area contributed by atoms with Crippen LogP contribution in [0.2, 0.25) is 5.02 Å². The summed E-state index contributed by atoms with van der Waals surface area (Å²) in [6.45, 7) is 2.72. The fourth-order valence-electron chi connectivity index (χ4n) is 2.83. The lowest BCUT2D eigenvalue weighted by Crippen LogP contribution is -2.33. The van der Waals surface area contributed by atoms with Crippen molar-refractivity contribution in [1.82, 2.24) is 14.3 Å². The second kappa shape index (κ2) is 8.20. The molecule has 0 saturated carbocycles. The minimum atomic E-state index is -4.54. The molecule has 3 aromatic rings. The third-order valence-electron chi connectivity index (χ3n) is 4.17. The highest BCUT2D eigenvalue weighted by Crippen LogP contribution is 2.34. The first-order chi connectivity index (χ1) is 13.3. The number of nitrogens with one attached hydrogen (secondary N) is 1. The van der Waals surface area contributed by atoms with Crippen molar-refractivity contribution in [2.45, 2.75) is 19.6 Å². The van der Waals surface area contributed by atoms with Gasteiger partial charge in [-0.05, 0) is 30.8 Å². The molecule has 1 aromatic carbocycles. The number of rotatable bonds is 6. The molecule has 3 rings (SSSR count). The predicted molar refractivity (Wildman–Crippen MR) is 101 cm³/mol. The molecule has 0 bridgehead atoms. The number of halogens is 4. The standard InChI is InChI=1S/C19H18ClF3N4O/c1-2-26(10-14-11-27-9-13(20)7-8-17(27)24-14)12-18(28)25-16-6-4-3-5-15(16)19(21,22)23/h3-9,11H,2,10,12H2,1H3,(H,25,28). The number of alkyl halides is 3. The summed E-state index contributed by atoms with van der Waals surface area (Å²) in [7, 11) is 0. The highest BCUT2D eigenvalue weighted by molar-refractivity contribution is 6.30. The fraction of sp³-hybridized carbons (Fsp3) is 0.263. The molecule has 0 aliphatic heterocycles. The molecular formula is C19H18ClF3N4O. The Kier molecular flexibility index (Phi) is 5.90. The maximum atomic E-state index is 13.1. The van der Waals surface area contributed by atoms with E-state index >= 15 is 0 Å². The van der Waals surface area contributed by atoms with Gasteiger partial charge in [0, 0.05) is 18.9 Å². The van der Waals surface area contributed by atoms with E-state index in [1.54, 1.807) is 33.8 Å². The number of amides is 1. The fourth-order valence-corrected chi connectivity index (χ4v) is 3.00. The van der Waals surface area contributed by atoms with Crippen LogP contribution in [0.5, 0.6) is 0 Å². The van der Waals surface area contributed by atoms with Crippen molar-refractivity contribution in [3.63, 3.8) is 0 Å². The maximum absolute atomic E-state index is 13.1. The van der Waals surface area contributed by atoms with Crippen LogP contribution in [0.15, 0.2) is 48.8 Å². The first-order valence-electron chi connectivity index (χ1n) is 8.58. The molecule has 0 radical (unpaired) electrons. The lowest BCUT2D eigenvalue weighted by molar-refractivity contribution is -0.137. The van der Waals surface area contributed by atoms with Gasteiger partial charge in [-0.1, -0.05) is 30.7 Å². The molecule has 9 heteroatoms. The Morgan fingerprint density at radius 2 is 1.96 bits per heavy atom. The Bertz CT molecular complexity index is 987. The number of benzene rings is 1. The van der Waals surface area contributed by atoms with Gasteiger partial charge >= 0.3 is 6.18 Å². The molecule has 148 valence electrons. The molecule has 2 aromatic heterocycles. The summed E-state index contributed by atoms with van der Waals surface area (Å²) in [5.41, 5.74) is 0.327. The molecule has 5 nitrogen and oxygen atoms in total. The topological polar surface area (TPSA) is 49.6 Å². The second-order valence-corrected chi connectivity index (χ2v) is 6.68. The number of nitrogens with zero attached hydrogens (tertiary/aromatic N) is 3. The lowest BCUT2D eigenvalue weighted by atomic mass is 10.1. The molecule has 0 aliphatic carbocycles. The SMILES string of the molecule is CCN(CC(=O)Nc1ccccc1C(F)(F)F)Cc1cn2cc(Cl)ccc2n1. The zero-order chi connectivity index (χ0) is 20.3. The number of imidazole rings is 1. The zero-order valence-corrected chi connectivity index (χ0v) is 15.8. The van der Waals surface area contributed by atoms with Crippen LogP contribution in [-0.4, -0.2) is 33.3 Å². The molecule has 0 fully saturated rings. The summed E-state index contributed by atoms with van der Waals surface area (Å²) >= 11 is 5.96. The minimum absolute atomic E-state index is 0.0582. The van der Waals surface area contributed by atoms with Crippen LogP contribution in [-0.2, 0) is 17.5 Å². The summed E-state index contributed by atoms with van der Waals surface area (Å²) in [6, 6.07) is 8.42. The third-order valence-corrected chi connectivity index (χ3v) is 4.40. The summed E-state index contributed by atoms with van der Waals surface area (Å²) in [5, 5.41) is 2.93. The minimum Gasteiger partial charge on any atom is -0.324 e. The van der Waals surface area contributed by atoms with Gasteiger partial charge < -0.3 is 9.72 Å². The van der Waals surface area contributed by atoms with E-state index in [0.717, 1.165) is 17.4 Å². The van der Waals surface area contributed by atoms with Crippen molar-refractivity contribution in [1.29, 1.82) is 0 Å². The van der Waals surface area contributed by atoms with Gasteiger partial charge in [-0.2, -0.15) is 13.2 Å². The molecule has 0 saturated heterocycles. The van der Waals surface area contributed by atoms with E-state index < -0.39 is 17.6 Å². The summed E-state index contributed by atoms with van der Waals surface area (Å²) in [5.74, 6) is -0.523. The van der Waals surface area contributed by atoms with Crippen LogP contribution in [0.25, 0.3) is 5.65 Å². The molecular weight excluding hydrogens is 393 g/mol. The molecule has 28 heavy (non-hydrogen) atoms. The first-order valence-corrected chi connectivity index (χ1v) is 8.95. The Balaban J connectivity index is 1.68. The summed E-state index contributed by atoms with van der Waals surface area (Å²) < 4.78 is 41.0. The highest BCUT2D eigenvalue weighted by Gasteiger charge is 2.33. The number of pyridine rings is 1. The van der Waals surface area contributed by atoms with Crippen LogP contribution in [0, 0.1) is 0 Å². The Morgan fingerprint density at radius 3 is 2.68 bits per heavy atom. The number of anilines is 1. The molecule has 2 heterocycles. The Morgan fingerprint density at radius 1 is 1.21 bits per heavy atom. The first kappa shape index (κ1) is 20.2. The van der Waals surface area contributed by atoms with Crippen molar-refractivity contribution in [2.75, 3.05) is 18.4 Å². The van der Waals surface area contributed by atoms with Crippen molar-refractivity contribution >= 4 is 28.8 Å². The van der Waals surface area contributed by atoms with Crippen LogP contribution in [0.4, 0.5) is 18.9 Å². The number of hydrogen-bond acceptors (Lipinski definition) is 3. The molecule has 1 amide bonds. The lowest BCUT2D eigenvalue weighted by Gasteiger charge is -2.19. The number of aromatic nitrogens is 2. The van der Waals surface area contributed by atoms with E-state index in [1.165, 1.54) is 18.2 Å². The van der Waals surface area contributed by atoms with Crippen LogP contribution in [0.3, 0.4) is 0 Å². The van der Waals surface area contributed by atoms with E-state index in [4.69, 9.17) is 11.6 Å². The van der Waals surface area contributed by atoms with Crippen molar-refractivity contribution in [2.24, 2.45) is 0 Å². The number of hydrogen-bond donors (Lipinski definition) is 1. The largest absolute Gasteiger partial charge is 0.418 e. The monoisotopic (exact) mass is 410 g/mol. The number of fused-ring (bicyclic) bond motifs is 1. The van der Waals surface area contributed by atoms with Gasteiger partial charge in [0.1, 0.15) is 5.65 Å². The van der Waals surface area contributed by atoms with Crippen molar-refractivity contribution < 1.29 is 18.0 Å². The van der Waals surface area contributed by atoms with Gasteiger partial charge in [0.05, 0.1) is 28.5 Å². The number of likely N-dealkylation sites (N-methyl/N-ethyl adjacent to an activating group) is 1. The second-order valence-electron chi connectivity index (χ2n) is 6.24. The molecule has 1 N–H and O–H groups in total. The van der Waals surface area contributed by atoms with Gasteiger partial charge in [-0.15, -0.1) is 0 Å². The normalized spacial score (nSPS) is 11.9. The average molecular weight is 411 g/mol. The molecule has 0 aliphatic rings. The van der Waals surface area contributed by atoms with Crippen LogP contribution >= 0.6 is 11.6 Å². The van der Waals surface area contributed by atoms with Gasteiger partial charge in [-0.25, -0.2) is 4.98 Å². The smallest absolute Gasteiger partial charge is 0.324 e. The summed E-state index contributed by atoms with van der Waals surface area (Å²) in [4.78, 5) is 18.6. The Labute approximate surface area is 164 Å². The van der Waals surface area contributed by atoms with E-state index in [0.29, 0.717) is 18.1 Å². The van der Waals surface area contributed by atoms with E-state index in [2.05, 4.69) is 10.3 Å². The van der Waals surface area contributed by atoms with Crippen LogP contribution in [0.1, 0.15) is 18.2 Å².